The van der Waals surface area contributed by atoms with Crippen LogP contribution in [0.5, 0.6) is 0 Å². The summed E-state index contributed by atoms with van der Waals surface area (Å²) in [7, 11) is 0. The van der Waals surface area contributed by atoms with Crippen molar-refractivity contribution >= 4 is 11.7 Å². The molecule has 0 aliphatic carbocycles. The number of alkyl halides is 3. The minimum absolute atomic E-state index is 0.114. The van der Waals surface area contributed by atoms with Gasteiger partial charge in [-0.05, 0) is 30.9 Å². The minimum atomic E-state index is -4.58. The number of hydrogen-bond acceptors (Lipinski definition) is 5. The van der Waals surface area contributed by atoms with E-state index in [1.165, 1.54) is 17.2 Å². The number of carbonyl (C=O) groups excluding carboxylic acids is 1. The van der Waals surface area contributed by atoms with Crippen molar-refractivity contribution in [1.29, 1.82) is 0 Å². The second-order valence-electron chi connectivity index (χ2n) is 9.22. The maximum atomic E-state index is 13.7. The molecule has 0 N–H and O–H groups in total. The van der Waals surface area contributed by atoms with Crippen molar-refractivity contribution in [2.45, 2.75) is 51.7 Å². The van der Waals surface area contributed by atoms with Crippen LogP contribution in [0.25, 0.3) is 0 Å². The molecule has 3 heterocycles. The zero-order chi connectivity index (χ0) is 23.4. The highest BCUT2D eigenvalue weighted by Gasteiger charge is 2.44. The van der Waals surface area contributed by atoms with Crippen LogP contribution in [0.4, 0.5) is 19.0 Å². The fourth-order valence-electron chi connectivity index (χ4n) is 4.85. The molecule has 2 aliphatic heterocycles. The molecule has 2 fully saturated rings. The SMILES string of the molecule is CCC(=O)N(CC1(N2CCN(CC(C)C)CC2)CCOCC1)c1ncccc1C(F)(F)F. The zero-order valence-corrected chi connectivity index (χ0v) is 19.3. The van der Waals surface area contributed by atoms with Crippen molar-refractivity contribution in [2.24, 2.45) is 5.92 Å². The third-order valence-electron chi connectivity index (χ3n) is 6.49. The fraction of sp³-hybridized carbons (Fsp3) is 0.739. The predicted octanol–water partition coefficient (Wildman–Crippen LogP) is 3.67. The summed E-state index contributed by atoms with van der Waals surface area (Å²) >= 11 is 0. The lowest BCUT2D eigenvalue weighted by Gasteiger charge is -2.51. The van der Waals surface area contributed by atoms with Gasteiger partial charge in [0.05, 0.1) is 5.56 Å². The normalized spacial score (nSPS) is 20.5. The van der Waals surface area contributed by atoms with E-state index in [9.17, 15) is 18.0 Å². The third-order valence-corrected chi connectivity index (χ3v) is 6.49. The van der Waals surface area contributed by atoms with Crippen LogP contribution in [-0.4, -0.2) is 78.7 Å². The van der Waals surface area contributed by atoms with Gasteiger partial charge in [0.15, 0.2) is 0 Å². The Kier molecular flexibility index (Phi) is 8.16. The average Bonchev–Trinajstić information content (AvgIpc) is 2.77. The van der Waals surface area contributed by atoms with E-state index in [4.69, 9.17) is 4.74 Å². The summed E-state index contributed by atoms with van der Waals surface area (Å²) < 4.78 is 46.8. The fourth-order valence-corrected chi connectivity index (χ4v) is 4.85. The molecule has 3 rings (SSSR count). The van der Waals surface area contributed by atoms with E-state index in [0.29, 0.717) is 32.0 Å². The molecule has 0 saturated carbocycles. The molecule has 1 aromatic rings. The number of halogens is 3. The molecule has 0 spiro atoms. The number of aromatic nitrogens is 1. The smallest absolute Gasteiger partial charge is 0.381 e. The first-order valence-electron chi connectivity index (χ1n) is 11.5. The molecular weight excluding hydrogens is 421 g/mol. The number of carbonyl (C=O) groups is 1. The van der Waals surface area contributed by atoms with Crippen LogP contribution in [-0.2, 0) is 15.7 Å². The molecule has 1 aromatic heterocycles. The van der Waals surface area contributed by atoms with E-state index < -0.39 is 17.3 Å². The van der Waals surface area contributed by atoms with E-state index in [1.807, 2.05) is 0 Å². The van der Waals surface area contributed by atoms with Crippen molar-refractivity contribution in [3.05, 3.63) is 23.9 Å². The standard InChI is InChI=1S/C23H35F3N4O2/c1-4-20(31)30(21-19(23(24,25)26)6-5-9-27-21)17-22(7-14-32-15-8-22)29-12-10-28(11-13-29)16-18(2)3/h5-6,9,18H,4,7-8,10-17H2,1-3H3. The summed E-state index contributed by atoms with van der Waals surface area (Å²) in [6, 6.07) is 2.26. The number of ether oxygens (including phenoxy) is 1. The quantitative estimate of drug-likeness (QED) is 0.627. The number of anilines is 1. The first-order chi connectivity index (χ1) is 15.2. The number of hydrogen-bond donors (Lipinski definition) is 0. The maximum Gasteiger partial charge on any atom is 0.419 e. The van der Waals surface area contributed by atoms with Crippen molar-refractivity contribution < 1.29 is 22.7 Å². The van der Waals surface area contributed by atoms with Gasteiger partial charge < -0.3 is 9.64 Å². The van der Waals surface area contributed by atoms with Gasteiger partial charge in [-0.1, -0.05) is 20.8 Å². The van der Waals surface area contributed by atoms with E-state index in [-0.39, 0.29) is 24.7 Å². The molecule has 1 amide bonds. The van der Waals surface area contributed by atoms with Gasteiger partial charge in [-0.15, -0.1) is 0 Å². The minimum Gasteiger partial charge on any atom is -0.381 e. The van der Waals surface area contributed by atoms with Crippen LogP contribution < -0.4 is 4.90 Å². The number of nitrogens with zero attached hydrogens (tertiary/aromatic N) is 4. The highest BCUT2D eigenvalue weighted by atomic mass is 19.4. The van der Waals surface area contributed by atoms with E-state index >= 15 is 0 Å². The van der Waals surface area contributed by atoms with Crippen LogP contribution >= 0.6 is 0 Å². The van der Waals surface area contributed by atoms with E-state index in [2.05, 4.69) is 28.6 Å². The van der Waals surface area contributed by atoms with Gasteiger partial charge in [-0.25, -0.2) is 4.98 Å². The first-order valence-corrected chi connectivity index (χ1v) is 11.5. The summed E-state index contributed by atoms with van der Waals surface area (Å²) in [5, 5.41) is 0. The topological polar surface area (TPSA) is 48.9 Å². The molecule has 180 valence electrons. The van der Waals surface area contributed by atoms with Crippen LogP contribution in [0.2, 0.25) is 0 Å². The molecule has 2 saturated heterocycles. The summed E-state index contributed by atoms with van der Waals surface area (Å²) in [6.45, 7) is 11.9. The van der Waals surface area contributed by atoms with Crippen LogP contribution in [0.15, 0.2) is 18.3 Å². The second-order valence-corrected chi connectivity index (χ2v) is 9.22. The van der Waals surface area contributed by atoms with Gasteiger partial charge in [0.2, 0.25) is 5.91 Å². The molecular formula is C23H35F3N4O2. The molecule has 0 bridgehead atoms. The lowest BCUT2D eigenvalue weighted by molar-refractivity contribution is -0.137. The molecule has 0 aromatic carbocycles. The Morgan fingerprint density at radius 3 is 2.44 bits per heavy atom. The Balaban J connectivity index is 1.90. The Bertz CT molecular complexity index is 758. The van der Waals surface area contributed by atoms with Crippen molar-refractivity contribution in [1.82, 2.24) is 14.8 Å². The maximum absolute atomic E-state index is 13.7. The van der Waals surface area contributed by atoms with Gasteiger partial charge in [-0.2, -0.15) is 13.2 Å². The van der Waals surface area contributed by atoms with Gasteiger partial charge in [0, 0.05) is 70.6 Å². The highest BCUT2D eigenvalue weighted by Crippen LogP contribution is 2.38. The molecule has 32 heavy (non-hydrogen) atoms. The van der Waals surface area contributed by atoms with Crippen LogP contribution in [0.3, 0.4) is 0 Å². The zero-order valence-electron chi connectivity index (χ0n) is 19.3. The second kappa shape index (κ2) is 10.5. The molecule has 2 aliphatic rings. The molecule has 0 atom stereocenters. The van der Waals surface area contributed by atoms with Gasteiger partial charge in [0.25, 0.3) is 0 Å². The summed E-state index contributed by atoms with van der Waals surface area (Å²) in [5.41, 5.74) is -1.29. The summed E-state index contributed by atoms with van der Waals surface area (Å²) in [4.78, 5) is 23.0. The van der Waals surface area contributed by atoms with Crippen molar-refractivity contribution in [3.63, 3.8) is 0 Å². The van der Waals surface area contributed by atoms with Crippen LogP contribution in [0, 0.1) is 5.92 Å². The highest BCUT2D eigenvalue weighted by molar-refractivity contribution is 5.93. The molecule has 0 unspecified atom stereocenters. The number of rotatable bonds is 7. The monoisotopic (exact) mass is 456 g/mol. The Morgan fingerprint density at radius 1 is 1.22 bits per heavy atom. The predicted molar refractivity (Wildman–Crippen MR) is 118 cm³/mol. The Labute approximate surface area is 188 Å². The molecule has 9 heteroatoms. The number of amides is 1. The lowest BCUT2D eigenvalue weighted by Crippen LogP contribution is -2.64. The Morgan fingerprint density at radius 2 is 1.88 bits per heavy atom. The van der Waals surface area contributed by atoms with Crippen LogP contribution in [0.1, 0.15) is 45.6 Å². The third kappa shape index (κ3) is 5.80. The summed E-state index contributed by atoms with van der Waals surface area (Å²) in [5.74, 6) is -0.0594. The largest absolute Gasteiger partial charge is 0.419 e. The van der Waals surface area contributed by atoms with E-state index in [1.54, 1.807) is 6.92 Å². The average molecular weight is 457 g/mol. The summed E-state index contributed by atoms with van der Waals surface area (Å²) in [6.07, 6.45) is -1.79. The lowest BCUT2D eigenvalue weighted by atomic mass is 9.86. The van der Waals surface area contributed by atoms with E-state index in [0.717, 1.165) is 38.8 Å². The van der Waals surface area contributed by atoms with Gasteiger partial charge in [-0.3, -0.25) is 14.6 Å². The molecule has 0 radical (unpaired) electrons. The Hall–Kier alpha value is -1.71. The number of pyridine rings is 1. The number of piperazine rings is 1. The first kappa shape index (κ1) is 24.9. The molecule has 6 nitrogen and oxygen atoms in total. The van der Waals surface area contributed by atoms with Gasteiger partial charge in [0.1, 0.15) is 5.82 Å². The van der Waals surface area contributed by atoms with Crippen molar-refractivity contribution in [2.75, 3.05) is 57.4 Å². The van der Waals surface area contributed by atoms with Gasteiger partial charge >= 0.3 is 6.18 Å². The van der Waals surface area contributed by atoms with Crippen molar-refractivity contribution in [3.8, 4) is 0 Å².